The Labute approximate surface area is 237 Å². The molecular weight excluding hydrogens is 518 g/mol. The molecule has 0 radical (unpaired) electrons. The predicted octanol–water partition coefficient (Wildman–Crippen LogP) is 2.13. The van der Waals surface area contributed by atoms with Gasteiger partial charge in [-0.05, 0) is 58.6 Å². The average Bonchev–Trinajstić information content (AvgIpc) is 2.91. The Bertz CT molecular complexity index is 912. The van der Waals surface area contributed by atoms with Gasteiger partial charge in [0.05, 0.1) is 32.3 Å². The number of para-hydroxylation sites is 1. The summed E-state index contributed by atoms with van der Waals surface area (Å²) in [6.45, 7) is 7.38. The first-order valence-electron chi connectivity index (χ1n) is 14.0. The first-order valence-corrected chi connectivity index (χ1v) is 14.0. The van der Waals surface area contributed by atoms with Crippen LogP contribution < -0.4 is 20.7 Å². The van der Waals surface area contributed by atoms with Crippen LogP contribution in [-0.2, 0) is 33.4 Å². The molecule has 2 rings (SSSR count). The normalized spacial score (nSPS) is 17.0. The van der Waals surface area contributed by atoms with Gasteiger partial charge in [0.25, 0.3) is 5.91 Å². The van der Waals surface area contributed by atoms with Gasteiger partial charge < -0.3 is 34.9 Å². The Kier molecular flexibility index (Phi) is 15.0. The number of hydrogen-bond acceptors (Lipinski definition) is 8. The Balaban J connectivity index is 1.37. The second-order valence-electron chi connectivity index (χ2n) is 10.7. The third kappa shape index (κ3) is 15.4. The molecule has 0 saturated heterocycles. The molecule has 0 atom stereocenters. The van der Waals surface area contributed by atoms with Crippen molar-refractivity contribution in [2.24, 2.45) is 5.92 Å². The van der Waals surface area contributed by atoms with Gasteiger partial charge in [-0.3, -0.25) is 19.2 Å². The fourth-order valence-electron chi connectivity index (χ4n) is 4.03. The van der Waals surface area contributed by atoms with Gasteiger partial charge in [-0.15, -0.1) is 0 Å². The smallest absolute Gasteiger partial charge is 0.309 e. The Morgan fingerprint density at radius 3 is 2.10 bits per heavy atom. The molecule has 1 saturated carbocycles. The maximum atomic E-state index is 12.2. The van der Waals surface area contributed by atoms with Crippen LogP contribution in [0.2, 0.25) is 0 Å². The summed E-state index contributed by atoms with van der Waals surface area (Å²) < 4.78 is 21.7. The SMILES string of the molecule is CC(C)(C)OC(=O)C1CCC(NC(=O)CCOCCOCCNC(=O)CCNC(=O)COc2ccccc2)CC1. The van der Waals surface area contributed by atoms with Gasteiger partial charge in [0.15, 0.2) is 6.61 Å². The number of ether oxygens (including phenoxy) is 4. The van der Waals surface area contributed by atoms with Crippen molar-refractivity contribution in [3.8, 4) is 5.75 Å². The zero-order chi connectivity index (χ0) is 29.2. The first-order chi connectivity index (χ1) is 19.1. The second kappa shape index (κ2) is 18.2. The molecule has 0 unspecified atom stereocenters. The number of rotatable bonds is 17. The van der Waals surface area contributed by atoms with E-state index in [1.54, 1.807) is 12.1 Å². The number of carbonyl (C=O) groups excluding carboxylic acids is 4. The third-order valence-corrected chi connectivity index (χ3v) is 6.03. The highest BCUT2D eigenvalue weighted by atomic mass is 16.6. The maximum absolute atomic E-state index is 12.2. The van der Waals surface area contributed by atoms with Crippen molar-refractivity contribution >= 4 is 23.7 Å². The van der Waals surface area contributed by atoms with Crippen molar-refractivity contribution in [2.45, 2.75) is 70.9 Å². The zero-order valence-corrected chi connectivity index (χ0v) is 24.0. The lowest BCUT2D eigenvalue weighted by atomic mass is 9.86. The maximum Gasteiger partial charge on any atom is 0.309 e. The van der Waals surface area contributed by atoms with E-state index in [4.69, 9.17) is 18.9 Å². The summed E-state index contributed by atoms with van der Waals surface area (Å²) in [6.07, 6.45) is 3.38. The van der Waals surface area contributed by atoms with E-state index in [-0.39, 0.29) is 61.6 Å². The van der Waals surface area contributed by atoms with Crippen molar-refractivity contribution in [2.75, 3.05) is 46.1 Å². The minimum Gasteiger partial charge on any atom is -0.484 e. The lowest BCUT2D eigenvalue weighted by Crippen LogP contribution is -2.40. The molecule has 1 aromatic carbocycles. The van der Waals surface area contributed by atoms with Gasteiger partial charge in [-0.2, -0.15) is 0 Å². The van der Waals surface area contributed by atoms with E-state index >= 15 is 0 Å². The zero-order valence-electron chi connectivity index (χ0n) is 24.0. The molecule has 0 aliphatic heterocycles. The highest BCUT2D eigenvalue weighted by molar-refractivity contribution is 5.79. The summed E-state index contributed by atoms with van der Waals surface area (Å²) in [5.41, 5.74) is -0.482. The van der Waals surface area contributed by atoms with Crippen LogP contribution in [0.3, 0.4) is 0 Å². The van der Waals surface area contributed by atoms with Crippen molar-refractivity contribution in [1.29, 1.82) is 0 Å². The topological polar surface area (TPSA) is 141 Å². The molecule has 0 bridgehead atoms. The molecule has 224 valence electrons. The average molecular weight is 564 g/mol. The van der Waals surface area contributed by atoms with Gasteiger partial charge in [0, 0.05) is 32.0 Å². The Morgan fingerprint density at radius 2 is 1.43 bits per heavy atom. The molecule has 11 nitrogen and oxygen atoms in total. The molecule has 3 N–H and O–H groups in total. The molecule has 1 aromatic rings. The fourth-order valence-corrected chi connectivity index (χ4v) is 4.03. The first kappa shape index (κ1) is 33.0. The molecule has 0 spiro atoms. The number of nitrogens with one attached hydrogen (secondary N) is 3. The molecule has 0 heterocycles. The van der Waals surface area contributed by atoms with E-state index in [0.29, 0.717) is 38.7 Å². The molecule has 1 aliphatic rings. The number of amides is 3. The molecule has 11 heteroatoms. The van der Waals surface area contributed by atoms with E-state index in [0.717, 1.165) is 25.7 Å². The van der Waals surface area contributed by atoms with Crippen molar-refractivity contribution in [3.05, 3.63) is 30.3 Å². The van der Waals surface area contributed by atoms with Crippen LogP contribution in [0.15, 0.2) is 30.3 Å². The predicted molar refractivity (Wildman–Crippen MR) is 149 cm³/mol. The van der Waals surface area contributed by atoms with E-state index < -0.39 is 5.60 Å². The van der Waals surface area contributed by atoms with Gasteiger partial charge in [0.1, 0.15) is 11.4 Å². The standard InChI is InChI=1S/C29H45N3O8/c1-29(2,3)40-28(36)22-9-11-23(12-10-22)32-26(34)14-17-37-19-20-38-18-16-31-25(33)13-15-30-27(35)21-39-24-7-5-4-6-8-24/h4-8,22-23H,9-21H2,1-3H3,(H,30,35)(H,31,33)(H,32,34). The van der Waals surface area contributed by atoms with Crippen LogP contribution in [-0.4, -0.2) is 81.5 Å². The molecular formula is C29H45N3O8. The highest BCUT2D eigenvalue weighted by Gasteiger charge is 2.30. The second-order valence-corrected chi connectivity index (χ2v) is 10.7. The van der Waals surface area contributed by atoms with E-state index in [9.17, 15) is 19.2 Å². The van der Waals surface area contributed by atoms with Crippen LogP contribution >= 0.6 is 0 Å². The van der Waals surface area contributed by atoms with Crippen molar-refractivity contribution < 1.29 is 38.1 Å². The van der Waals surface area contributed by atoms with Crippen molar-refractivity contribution in [1.82, 2.24) is 16.0 Å². The van der Waals surface area contributed by atoms with Crippen LogP contribution in [0.1, 0.15) is 59.3 Å². The number of benzene rings is 1. The summed E-state index contributed by atoms with van der Waals surface area (Å²) >= 11 is 0. The fraction of sp³-hybridized carbons (Fsp3) is 0.655. The summed E-state index contributed by atoms with van der Waals surface area (Å²) in [7, 11) is 0. The lowest BCUT2D eigenvalue weighted by Gasteiger charge is -2.30. The van der Waals surface area contributed by atoms with Gasteiger partial charge >= 0.3 is 5.97 Å². The minimum absolute atomic E-state index is 0.0655. The van der Waals surface area contributed by atoms with Crippen LogP contribution in [0, 0.1) is 5.92 Å². The largest absolute Gasteiger partial charge is 0.484 e. The quantitative estimate of drug-likeness (QED) is 0.193. The van der Waals surface area contributed by atoms with E-state index in [2.05, 4.69) is 16.0 Å². The third-order valence-electron chi connectivity index (χ3n) is 6.03. The van der Waals surface area contributed by atoms with E-state index in [1.165, 1.54) is 0 Å². The monoisotopic (exact) mass is 563 g/mol. The summed E-state index contributed by atoms with van der Waals surface area (Å²) in [6, 6.07) is 9.10. The summed E-state index contributed by atoms with van der Waals surface area (Å²) in [5.74, 6) is -0.180. The van der Waals surface area contributed by atoms with Gasteiger partial charge in [-0.25, -0.2) is 0 Å². The number of hydrogen-bond donors (Lipinski definition) is 3. The molecule has 3 amide bonds. The summed E-state index contributed by atoms with van der Waals surface area (Å²) in [5, 5.41) is 8.38. The Hall–Kier alpha value is -3.18. The van der Waals surface area contributed by atoms with Crippen LogP contribution in [0.4, 0.5) is 0 Å². The Morgan fingerprint density at radius 1 is 0.775 bits per heavy atom. The molecule has 1 fully saturated rings. The molecule has 40 heavy (non-hydrogen) atoms. The summed E-state index contributed by atoms with van der Waals surface area (Å²) in [4.78, 5) is 48.0. The molecule has 0 aromatic heterocycles. The molecule has 1 aliphatic carbocycles. The van der Waals surface area contributed by atoms with E-state index in [1.807, 2.05) is 39.0 Å². The highest BCUT2D eigenvalue weighted by Crippen LogP contribution is 2.27. The van der Waals surface area contributed by atoms with Gasteiger partial charge in [-0.1, -0.05) is 18.2 Å². The van der Waals surface area contributed by atoms with Crippen LogP contribution in [0.25, 0.3) is 0 Å². The van der Waals surface area contributed by atoms with Gasteiger partial charge in [0.2, 0.25) is 11.8 Å². The van der Waals surface area contributed by atoms with Crippen molar-refractivity contribution in [3.63, 3.8) is 0 Å². The minimum atomic E-state index is -0.482. The lowest BCUT2D eigenvalue weighted by molar-refractivity contribution is -0.161. The number of carbonyl (C=O) groups is 4. The number of esters is 1. The van der Waals surface area contributed by atoms with Crippen LogP contribution in [0.5, 0.6) is 5.75 Å².